The van der Waals surface area contributed by atoms with Gasteiger partial charge in [0.1, 0.15) is 13.2 Å². The second kappa shape index (κ2) is 9.04. The molecule has 1 fully saturated rings. The van der Waals surface area contributed by atoms with Gasteiger partial charge in [-0.05, 0) is 35.4 Å². The number of amides is 1. The average Bonchev–Trinajstić information content (AvgIpc) is 3.53. The van der Waals surface area contributed by atoms with Crippen LogP contribution in [0, 0.1) is 0 Å². The summed E-state index contributed by atoms with van der Waals surface area (Å²) in [5.74, 6) is 0.678. The number of hydrogen-bond acceptors (Lipinski definition) is 7. The Kier molecular flexibility index (Phi) is 5.63. The highest BCUT2D eigenvalue weighted by molar-refractivity contribution is 6.00. The van der Waals surface area contributed by atoms with Crippen molar-refractivity contribution in [3.63, 3.8) is 0 Å². The fourth-order valence-electron chi connectivity index (χ4n) is 3.93. The maximum absolute atomic E-state index is 13.4. The first-order chi connectivity index (χ1) is 16.2. The third kappa shape index (κ3) is 4.23. The number of nitrogens with zero attached hydrogens (tertiary/aromatic N) is 5. The van der Waals surface area contributed by atoms with Crippen LogP contribution in [0.1, 0.15) is 28.6 Å². The van der Waals surface area contributed by atoms with E-state index < -0.39 is 6.04 Å². The van der Waals surface area contributed by atoms with Gasteiger partial charge in [0, 0.05) is 29.9 Å². The predicted octanol–water partition coefficient (Wildman–Crippen LogP) is 4.39. The van der Waals surface area contributed by atoms with Gasteiger partial charge in [0.25, 0.3) is 11.8 Å². The van der Waals surface area contributed by atoms with E-state index in [1.54, 1.807) is 29.4 Å². The van der Waals surface area contributed by atoms with Crippen molar-refractivity contribution in [1.82, 2.24) is 20.0 Å². The minimum absolute atomic E-state index is 0.129. The van der Waals surface area contributed by atoms with E-state index in [0.717, 1.165) is 22.4 Å². The first kappa shape index (κ1) is 20.6. The van der Waals surface area contributed by atoms with Crippen LogP contribution in [0.3, 0.4) is 0 Å². The van der Waals surface area contributed by atoms with E-state index in [4.69, 9.17) is 9.36 Å². The molecule has 8 nitrogen and oxygen atoms in total. The topological polar surface area (TPSA) is 93.7 Å². The van der Waals surface area contributed by atoms with E-state index in [9.17, 15) is 4.79 Å². The molecule has 1 aliphatic heterocycles. The molecule has 1 aliphatic rings. The lowest BCUT2D eigenvalue weighted by Crippen LogP contribution is -2.31. The summed E-state index contributed by atoms with van der Waals surface area (Å²) in [7, 11) is 1.49. The highest BCUT2D eigenvalue weighted by Gasteiger charge is 2.38. The van der Waals surface area contributed by atoms with E-state index >= 15 is 0 Å². The second-order valence-corrected chi connectivity index (χ2v) is 7.63. The van der Waals surface area contributed by atoms with Gasteiger partial charge >= 0.3 is 0 Å². The molecule has 0 bridgehead atoms. The number of benzene rings is 2. The predicted molar refractivity (Wildman–Crippen MR) is 122 cm³/mol. The lowest BCUT2D eigenvalue weighted by atomic mass is 10.0. The van der Waals surface area contributed by atoms with Crippen LogP contribution in [0.15, 0.2) is 88.8 Å². The molecule has 1 amide bonds. The Morgan fingerprint density at radius 2 is 1.73 bits per heavy atom. The molecule has 0 N–H and O–H groups in total. The molecular formula is C25H21N5O3. The number of hydrogen-bond donors (Lipinski definition) is 0. The van der Waals surface area contributed by atoms with Crippen molar-refractivity contribution in [3.05, 3.63) is 90.5 Å². The Hall–Kier alpha value is -4.33. The van der Waals surface area contributed by atoms with Crippen molar-refractivity contribution in [3.8, 4) is 22.6 Å². The number of likely N-dealkylation sites (tertiary alicyclic amines) is 1. The van der Waals surface area contributed by atoms with Gasteiger partial charge in [0.2, 0.25) is 0 Å². The van der Waals surface area contributed by atoms with Crippen LogP contribution in [0.2, 0.25) is 0 Å². The van der Waals surface area contributed by atoms with Gasteiger partial charge in [-0.3, -0.25) is 9.78 Å². The summed E-state index contributed by atoms with van der Waals surface area (Å²) in [6, 6.07) is 20.8. The molecule has 164 valence electrons. The van der Waals surface area contributed by atoms with Crippen molar-refractivity contribution >= 4 is 11.6 Å². The summed E-state index contributed by atoms with van der Waals surface area (Å²) in [6.07, 6.45) is 3.79. The number of pyridine rings is 1. The molecular weight excluding hydrogens is 418 g/mol. The fraction of sp³-hybridized carbons (Fsp3) is 0.160. The zero-order valence-electron chi connectivity index (χ0n) is 18.0. The zero-order valence-corrected chi connectivity index (χ0v) is 18.0. The molecule has 8 heteroatoms. The van der Waals surface area contributed by atoms with Crippen LogP contribution in [0.5, 0.6) is 0 Å². The maximum Gasteiger partial charge on any atom is 0.258 e. The van der Waals surface area contributed by atoms with Crippen LogP contribution in [0.25, 0.3) is 22.6 Å². The average molecular weight is 439 g/mol. The molecule has 0 saturated carbocycles. The third-order valence-corrected chi connectivity index (χ3v) is 5.55. The summed E-state index contributed by atoms with van der Waals surface area (Å²) < 4.78 is 5.46. The summed E-state index contributed by atoms with van der Waals surface area (Å²) in [5, 5.41) is 8.23. The number of oxime groups is 1. The number of carbonyl (C=O) groups excluding carboxylic acids is 1. The van der Waals surface area contributed by atoms with Crippen molar-refractivity contribution < 1.29 is 14.2 Å². The molecule has 3 heterocycles. The van der Waals surface area contributed by atoms with Gasteiger partial charge in [-0.2, -0.15) is 4.98 Å². The van der Waals surface area contributed by atoms with E-state index in [1.807, 2.05) is 54.6 Å². The van der Waals surface area contributed by atoms with Crippen LogP contribution in [0.4, 0.5) is 0 Å². The summed E-state index contributed by atoms with van der Waals surface area (Å²) in [6.45, 7) is 0.330. The van der Waals surface area contributed by atoms with E-state index in [-0.39, 0.29) is 5.91 Å². The molecule has 5 rings (SSSR count). The number of aromatic nitrogens is 3. The highest BCUT2D eigenvalue weighted by atomic mass is 16.6. The smallest absolute Gasteiger partial charge is 0.258 e. The van der Waals surface area contributed by atoms with Gasteiger partial charge < -0.3 is 14.3 Å². The van der Waals surface area contributed by atoms with Crippen LogP contribution in [-0.2, 0) is 4.84 Å². The van der Waals surface area contributed by atoms with E-state index in [1.165, 1.54) is 7.11 Å². The standard InChI is InChI=1S/C25H21N5O3/c1-32-28-21-15-22(23-27-24(33-29-23)19-11-13-26-14-12-19)30(16-21)25(31)20-9-7-18(8-10-20)17-5-3-2-4-6-17/h2-14,22H,15-16H2,1H3/b28-21+/t22-/m0/s1. The first-order valence-corrected chi connectivity index (χ1v) is 10.5. The van der Waals surface area contributed by atoms with Gasteiger partial charge in [-0.15, -0.1) is 0 Å². The number of carbonyl (C=O) groups is 1. The van der Waals surface area contributed by atoms with Gasteiger partial charge in [-0.25, -0.2) is 0 Å². The van der Waals surface area contributed by atoms with Crippen molar-refractivity contribution in [1.29, 1.82) is 0 Å². The molecule has 1 atom stereocenters. The molecule has 2 aromatic heterocycles. The Balaban J connectivity index is 1.42. The lowest BCUT2D eigenvalue weighted by molar-refractivity contribution is 0.0732. The Morgan fingerprint density at radius 3 is 2.45 bits per heavy atom. The van der Waals surface area contributed by atoms with Gasteiger partial charge in [0.05, 0.1) is 12.3 Å². The lowest BCUT2D eigenvalue weighted by Gasteiger charge is -2.21. The van der Waals surface area contributed by atoms with Gasteiger partial charge in [-0.1, -0.05) is 52.8 Å². The van der Waals surface area contributed by atoms with Crippen molar-refractivity contribution in [2.24, 2.45) is 5.16 Å². The quantitative estimate of drug-likeness (QED) is 0.428. The third-order valence-electron chi connectivity index (χ3n) is 5.55. The number of rotatable bonds is 5. The molecule has 4 aromatic rings. The molecule has 0 spiro atoms. The molecule has 1 saturated heterocycles. The molecule has 0 radical (unpaired) electrons. The first-order valence-electron chi connectivity index (χ1n) is 10.5. The highest BCUT2D eigenvalue weighted by Crippen LogP contribution is 2.32. The second-order valence-electron chi connectivity index (χ2n) is 7.63. The maximum atomic E-state index is 13.4. The van der Waals surface area contributed by atoms with Crippen molar-refractivity contribution in [2.45, 2.75) is 12.5 Å². The van der Waals surface area contributed by atoms with Crippen LogP contribution >= 0.6 is 0 Å². The summed E-state index contributed by atoms with van der Waals surface area (Å²) in [4.78, 5) is 28.7. The van der Waals surface area contributed by atoms with Gasteiger partial charge in [0.15, 0.2) is 5.82 Å². The Bertz CT molecular complexity index is 1270. The molecule has 0 aliphatic carbocycles. The fourth-order valence-corrected chi connectivity index (χ4v) is 3.93. The van der Waals surface area contributed by atoms with E-state index in [0.29, 0.717) is 30.2 Å². The zero-order chi connectivity index (χ0) is 22.6. The van der Waals surface area contributed by atoms with E-state index in [2.05, 4.69) is 20.3 Å². The Labute approximate surface area is 190 Å². The summed E-state index contributed by atoms with van der Waals surface area (Å²) >= 11 is 0. The minimum Gasteiger partial charge on any atom is -0.399 e. The largest absolute Gasteiger partial charge is 0.399 e. The molecule has 33 heavy (non-hydrogen) atoms. The monoisotopic (exact) mass is 439 g/mol. The normalized spacial score (nSPS) is 16.8. The van der Waals surface area contributed by atoms with Crippen LogP contribution < -0.4 is 0 Å². The SMILES string of the molecule is CO/N=C1\C[C@@H](c2noc(-c3ccncc3)n2)N(C(=O)c2ccc(-c3ccccc3)cc2)C1. The molecule has 0 unspecified atom stereocenters. The molecule has 2 aromatic carbocycles. The van der Waals surface area contributed by atoms with Crippen LogP contribution in [-0.4, -0.2) is 45.3 Å². The minimum atomic E-state index is -0.403. The summed E-state index contributed by atoms with van der Waals surface area (Å²) in [5.41, 5.74) is 4.23. The Morgan fingerprint density at radius 1 is 1.00 bits per heavy atom. The van der Waals surface area contributed by atoms with Crippen molar-refractivity contribution in [2.75, 3.05) is 13.7 Å².